The molecule has 0 aliphatic heterocycles. The Morgan fingerprint density at radius 1 is 1.36 bits per heavy atom. The Hall–Kier alpha value is -0.780. The second-order valence-electron chi connectivity index (χ2n) is 6.64. The highest BCUT2D eigenvalue weighted by molar-refractivity contribution is 9.10. The minimum Gasteiger partial charge on any atom is -0.444 e. The topological polar surface area (TPSA) is 50.4 Å². The lowest BCUT2D eigenvalue weighted by Gasteiger charge is -2.36. The average Bonchev–Trinajstić information content (AvgIpc) is 2.33. The van der Waals surface area contributed by atoms with Crippen molar-refractivity contribution in [2.45, 2.75) is 57.8 Å². The first kappa shape index (κ1) is 17.6. The Morgan fingerprint density at radius 3 is 2.64 bits per heavy atom. The van der Waals surface area contributed by atoms with E-state index >= 15 is 0 Å². The highest BCUT2D eigenvalue weighted by atomic mass is 79.9. The van der Waals surface area contributed by atoms with E-state index in [1.54, 1.807) is 0 Å². The summed E-state index contributed by atoms with van der Waals surface area (Å²) in [5.41, 5.74) is 0.698. The summed E-state index contributed by atoms with van der Waals surface area (Å²) in [7, 11) is 0. The highest BCUT2D eigenvalue weighted by Gasteiger charge is 2.31. The smallest absolute Gasteiger partial charge is 0.407 e. The maximum Gasteiger partial charge on any atom is 0.407 e. The van der Waals surface area contributed by atoms with Crippen LogP contribution in [-0.2, 0) is 11.3 Å². The first-order chi connectivity index (χ1) is 10.2. The van der Waals surface area contributed by atoms with Gasteiger partial charge in [-0.1, -0.05) is 17.7 Å². The van der Waals surface area contributed by atoms with Crippen molar-refractivity contribution in [3.8, 4) is 0 Å². The monoisotopic (exact) mass is 388 g/mol. The molecule has 1 aliphatic carbocycles. The number of ether oxygens (including phenoxy) is 1. The molecule has 1 aliphatic rings. The van der Waals surface area contributed by atoms with Gasteiger partial charge in [-0.15, -0.1) is 0 Å². The Bertz CT molecular complexity index is 539. The lowest BCUT2D eigenvalue weighted by atomic mass is 9.87. The molecule has 2 N–H and O–H groups in total. The Kier molecular flexibility index (Phi) is 5.75. The van der Waals surface area contributed by atoms with Gasteiger partial charge in [-0.3, -0.25) is 0 Å². The summed E-state index contributed by atoms with van der Waals surface area (Å²) in [6, 6.07) is 6.56. The molecule has 4 nitrogen and oxygen atoms in total. The molecule has 1 amide bonds. The minimum absolute atomic E-state index is 0.195. The molecule has 1 aromatic rings. The van der Waals surface area contributed by atoms with Crippen LogP contribution in [0, 0.1) is 0 Å². The Morgan fingerprint density at radius 2 is 2.05 bits per heavy atom. The third-order valence-electron chi connectivity index (χ3n) is 3.44. The summed E-state index contributed by atoms with van der Waals surface area (Å²) in [6.07, 6.45) is 1.50. The molecule has 0 aromatic heterocycles. The lowest BCUT2D eigenvalue weighted by Crippen LogP contribution is -2.52. The van der Waals surface area contributed by atoms with Gasteiger partial charge in [0.05, 0.1) is 5.02 Å². The maximum absolute atomic E-state index is 11.6. The zero-order valence-corrected chi connectivity index (χ0v) is 15.4. The highest BCUT2D eigenvalue weighted by Crippen LogP contribution is 2.24. The number of carbonyl (C=O) groups excluding carboxylic acids is 1. The number of nitrogens with one attached hydrogen (secondary N) is 2. The van der Waals surface area contributed by atoms with Crippen LogP contribution in [0.4, 0.5) is 4.79 Å². The molecule has 0 atom stereocenters. The molecule has 0 radical (unpaired) electrons. The molecular formula is C16H22BrClN2O2. The molecule has 0 unspecified atom stereocenters. The van der Waals surface area contributed by atoms with E-state index in [9.17, 15) is 4.79 Å². The van der Waals surface area contributed by atoms with Gasteiger partial charge in [-0.05, 0) is 67.2 Å². The fourth-order valence-corrected chi connectivity index (χ4v) is 2.74. The normalized spacial score (nSPS) is 21.1. The standard InChI is InChI=1S/C16H22BrClN2O2/c1-16(2,3)22-15(21)20-12-7-11(8-12)19-9-10-4-5-13(17)14(18)6-10/h4-6,11-12,19H,7-9H2,1-3H3,(H,20,21). The number of amides is 1. The van der Waals surface area contributed by atoms with E-state index < -0.39 is 5.60 Å². The molecule has 22 heavy (non-hydrogen) atoms. The van der Waals surface area contributed by atoms with Crippen LogP contribution < -0.4 is 10.6 Å². The molecule has 1 saturated carbocycles. The van der Waals surface area contributed by atoms with Crippen LogP contribution in [0.25, 0.3) is 0 Å². The third-order valence-corrected chi connectivity index (χ3v) is 4.67. The van der Waals surface area contributed by atoms with Crippen LogP contribution >= 0.6 is 27.5 Å². The van der Waals surface area contributed by atoms with Gasteiger partial charge in [0.15, 0.2) is 0 Å². The van der Waals surface area contributed by atoms with Crippen molar-refractivity contribution in [1.29, 1.82) is 0 Å². The lowest BCUT2D eigenvalue weighted by molar-refractivity contribution is 0.0465. The van der Waals surface area contributed by atoms with Gasteiger partial charge in [-0.25, -0.2) is 4.79 Å². The number of rotatable bonds is 4. The summed E-state index contributed by atoms with van der Waals surface area (Å²) >= 11 is 9.46. The van der Waals surface area contributed by atoms with Crippen molar-refractivity contribution >= 4 is 33.6 Å². The zero-order chi connectivity index (χ0) is 16.3. The van der Waals surface area contributed by atoms with Gasteiger partial charge in [-0.2, -0.15) is 0 Å². The van der Waals surface area contributed by atoms with E-state index in [0.717, 1.165) is 34.4 Å². The molecule has 2 rings (SSSR count). The number of hydrogen-bond donors (Lipinski definition) is 2. The summed E-state index contributed by atoms with van der Waals surface area (Å²) in [6.45, 7) is 6.36. The minimum atomic E-state index is -0.452. The van der Waals surface area contributed by atoms with Crippen molar-refractivity contribution in [1.82, 2.24) is 10.6 Å². The van der Waals surface area contributed by atoms with Crippen molar-refractivity contribution in [3.05, 3.63) is 33.3 Å². The van der Waals surface area contributed by atoms with Gasteiger partial charge in [0.1, 0.15) is 5.60 Å². The maximum atomic E-state index is 11.6. The quantitative estimate of drug-likeness (QED) is 0.809. The molecule has 0 bridgehead atoms. The second kappa shape index (κ2) is 7.20. The van der Waals surface area contributed by atoms with Crippen LogP contribution in [0.2, 0.25) is 5.02 Å². The fourth-order valence-electron chi connectivity index (χ4n) is 2.29. The molecule has 6 heteroatoms. The van der Waals surface area contributed by atoms with E-state index in [1.807, 2.05) is 39.0 Å². The van der Waals surface area contributed by atoms with Crippen LogP contribution in [0.3, 0.4) is 0 Å². The first-order valence-electron chi connectivity index (χ1n) is 7.40. The average molecular weight is 390 g/mol. The number of hydrogen-bond acceptors (Lipinski definition) is 3. The fraction of sp³-hybridized carbons (Fsp3) is 0.562. The number of benzene rings is 1. The largest absolute Gasteiger partial charge is 0.444 e. The van der Waals surface area contributed by atoms with Gasteiger partial charge in [0.25, 0.3) is 0 Å². The molecule has 0 spiro atoms. The summed E-state index contributed by atoms with van der Waals surface area (Å²) in [5.74, 6) is 0. The van der Waals surface area contributed by atoms with E-state index in [-0.39, 0.29) is 12.1 Å². The molecule has 1 fully saturated rings. The van der Waals surface area contributed by atoms with Crippen LogP contribution in [0.5, 0.6) is 0 Å². The van der Waals surface area contributed by atoms with Crippen molar-refractivity contribution in [3.63, 3.8) is 0 Å². The van der Waals surface area contributed by atoms with Crippen molar-refractivity contribution in [2.75, 3.05) is 0 Å². The van der Waals surface area contributed by atoms with Gasteiger partial charge >= 0.3 is 6.09 Å². The van der Waals surface area contributed by atoms with Gasteiger partial charge in [0, 0.05) is 23.1 Å². The first-order valence-corrected chi connectivity index (χ1v) is 8.57. The number of halogens is 2. The van der Waals surface area contributed by atoms with E-state index in [4.69, 9.17) is 16.3 Å². The predicted molar refractivity (Wildman–Crippen MR) is 92.2 cm³/mol. The predicted octanol–water partition coefficient (Wildman–Crippen LogP) is 4.25. The molecular weight excluding hydrogens is 368 g/mol. The Balaban J connectivity index is 1.67. The zero-order valence-electron chi connectivity index (χ0n) is 13.1. The van der Waals surface area contributed by atoms with Crippen molar-refractivity contribution < 1.29 is 9.53 Å². The van der Waals surface area contributed by atoms with Gasteiger partial charge < -0.3 is 15.4 Å². The molecule has 122 valence electrons. The SMILES string of the molecule is CC(C)(C)OC(=O)NC1CC(NCc2ccc(Br)c(Cl)c2)C1. The van der Waals surface area contributed by atoms with E-state index in [1.165, 1.54) is 0 Å². The summed E-state index contributed by atoms with van der Waals surface area (Å²) < 4.78 is 6.15. The van der Waals surface area contributed by atoms with Gasteiger partial charge in [0.2, 0.25) is 0 Å². The van der Waals surface area contributed by atoms with Crippen LogP contribution in [0.1, 0.15) is 39.2 Å². The van der Waals surface area contributed by atoms with Crippen molar-refractivity contribution in [2.24, 2.45) is 0 Å². The number of alkyl carbamates (subject to hydrolysis) is 1. The Labute approximate surface area is 145 Å². The summed E-state index contributed by atoms with van der Waals surface area (Å²) in [5, 5.41) is 7.08. The number of carbonyl (C=O) groups is 1. The summed E-state index contributed by atoms with van der Waals surface area (Å²) in [4.78, 5) is 11.6. The van der Waals surface area contributed by atoms with E-state index in [2.05, 4.69) is 26.6 Å². The molecule has 0 saturated heterocycles. The second-order valence-corrected chi connectivity index (χ2v) is 7.90. The molecule has 1 aromatic carbocycles. The van der Waals surface area contributed by atoms with Crippen LogP contribution in [0.15, 0.2) is 22.7 Å². The van der Waals surface area contributed by atoms with Crippen LogP contribution in [-0.4, -0.2) is 23.8 Å². The molecule has 0 heterocycles. The third kappa shape index (κ3) is 5.45. The van der Waals surface area contributed by atoms with E-state index in [0.29, 0.717) is 6.04 Å².